The summed E-state index contributed by atoms with van der Waals surface area (Å²) in [6.07, 6.45) is 3.00. The lowest BCUT2D eigenvalue weighted by molar-refractivity contribution is -0.142. The first-order chi connectivity index (χ1) is 16.0. The Hall–Kier alpha value is -2.40. The van der Waals surface area contributed by atoms with Gasteiger partial charge in [-0.25, -0.2) is 9.36 Å². The van der Waals surface area contributed by atoms with Gasteiger partial charge >= 0.3 is 19.4 Å². The number of carbonyl (C=O) groups is 1. The zero-order valence-electron chi connectivity index (χ0n) is 18.3. The molecule has 0 bridgehead atoms. The molecular weight excluding hydrogens is 512 g/mol. The van der Waals surface area contributed by atoms with E-state index in [0.717, 1.165) is 0 Å². The number of carbonyl (C=O) groups excluding carboxylic acids is 1. The highest BCUT2D eigenvalue weighted by Gasteiger charge is 2.34. The van der Waals surface area contributed by atoms with Gasteiger partial charge in [-0.15, -0.1) is 0 Å². The summed E-state index contributed by atoms with van der Waals surface area (Å²) >= 11 is 12.1. The molecule has 2 heterocycles. The summed E-state index contributed by atoms with van der Waals surface area (Å²) < 4.78 is 36.1. The van der Waals surface area contributed by atoms with Gasteiger partial charge < -0.3 is 14.0 Å². The molecule has 1 aromatic carbocycles. The molecule has 11 nitrogen and oxygen atoms in total. The third-order valence-corrected chi connectivity index (χ3v) is 6.83. The molecule has 34 heavy (non-hydrogen) atoms. The second-order valence-electron chi connectivity index (χ2n) is 7.26. The van der Waals surface area contributed by atoms with Gasteiger partial charge in [0.2, 0.25) is 0 Å². The number of ether oxygens (including phenoxy) is 2. The Morgan fingerprint density at radius 2 is 2.06 bits per heavy atom. The molecule has 1 aliphatic heterocycles. The molecule has 1 unspecified atom stereocenters. The van der Waals surface area contributed by atoms with Gasteiger partial charge in [0.25, 0.3) is 5.56 Å². The Bertz CT molecular complexity index is 1260. The monoisotopic (exact) mass is 533 g/mol. The summed E-state index contributed by atoms with van der Waals surface area (Å²) in [5.74, 6) is -0.729. The highest BCUT2D eigenvalue weighted by atomic mass is 35.5. The van der Waals surface area contributed by atoms with Gasteiger partial charge in [-0.1, -0.05) is 29.3 Å². The zero-order chi connectivity index (χ0) is 25.0. The molecule has 0 fully saturated rings. The number of hydrogen-bond donors (Lipinski definition) is 2. The van der Waals surface area contributed by atoms with Crippen molar-refractivity contribution in [2.75, 3.05) is 13.7 Å². The van der Waals surface area contributed by atoms with Gasteiger partial charge in [-0.05, 0) is 32.1 Å². The fourth-order valence-corrected chi connectivity index (χ4v) is 4.81. The number of benzene rings is 1. The molecule has 0 saturated heterocycles. The molecule has 1 aliphatic rings. The van der Waals surface area contributed by atoms with E-state index in [4.69, 9.17) is 37.0 Å². The normalized spacial score (nSPS) is 20.0. The standard InChI is InChI=1S/C20H22Cl2N3O8P/c1-11-9-25(20(28)23-18(11)26)17-7-5-14(32-17)10-31-34(29,24-12(2)19(27)30-3)33-16-8-13(21)4-6-15(16)22/h4-9,12,14,17H,10H2,1-3H3,(H,24,29)(H,23,26,28)/t12-,14-,17+,34?/m0/s1. The van der Waals surface area contributed by atoms with Crippen LogP contribution in [-0.4, -0.2) is 41.4 Å². The molecule has 0 saturated carbocycles. The SMILES string of the molecule is COC(=O)[C@H](C)NP(=O)(OC[C@@H]1C=C[C@H](n2cc(C)c(=O)[nH]c2=O)O1)Oc1cc(Cl)ccc1Cl. The lowest BCUT2D eigenvalue weighted by Crippen LogP contribution is -2.35. The maximum Gasteiger partial charge on any atom is 0.459 e. The van der Waals surface area contributed by atoms with Gasteiger partial charge in [0.05, 0.1) is 18.7 Å². The second-order valence-corrected chi connectivity index (χ2v) is 9.80. The van der Waals surface area contributed by atoms with Crippen molar-refractivity contribution < 1.29 is 27.9 Å². The number of aryl methyl sites for hydroxylation is 1. The van der Waals surface area contributed by atoms with Crippen LogP contribution < -0.4 is 20.9 Å². The molecule has 2 N–H and O–H groups in total. The van der Waals surface area contributed by atoms with Crippen molar-refractivity contribution in [1.82, 2.24) is 14.6 Å². The van der Waals surface area contributed by atoms with E-state index in [-0.39, 0.29) is 22.4 Å². The molecule has 3 rings (SSSR count). The van der Waals surface area contributed by atoms with E-state index in [1.165, 1.54) is 43.0 Å². The zero-order valence-corrected chi connectivity index (χ0v) is 20.7. The predicted molar refractivity (Wildman–Crippen MR) is 124 cm³/mol. The summed E-state index contributed by atoms with van der Waals surface area (Å²) in [6, 6.07) is 3.26. The second kappa shape index (κ2) is 10.9. The van der Waals surface area contributed by atoms with Crippen molar-refractivity contribution >= 4 is 36.9 Å². The van der Waals surface area contributed by atoms with Gasteiger partial charge in [-0.3, -0.25) is 23.7 Å². The summed E-state index contributed by atoms with van der Waals surface area (Å²) in [6.45, 7) is 2.69. The van der Waals surface area contributed by atoms with Crippen LogP contribution in [0.2, 0.25) is 10.0 Å². The van der Waals surface area contributed by atoms with Crippen LogP contribution in [0.4, 0.5) is 0 Å². The fraction of sp³-hybridized carbons (Fsp3) is 0.350. The van der Waals surface area contributed by atoms with Crippen molar-refractivity contribution in [3.63, 3.8) is 0 Å². The molecule has 0 radical (unpaired) electrons. The third-order valence-electron chi connectivity index (χ3n) is 4.65. The first-order valence-corrected chi connectivity index (χ1v) is 12.2. The van der Waals surface area contributed by atoms with Crippen molar-refractivity contribution in [1.29, 1.82) is 0 Å². The number of hydrogen-bond acceptors (Lipinski definition) is 8. The van der Waals surface area contributed by atoms with Crippen LogP contribution in [0.25, 0.3) is 0 Å². The highest BCUT2D eigenvalue weighted by molar-refractivity contribution is 7.52. The van der Waals surface area contributed by atoms with E-state index in [1.807, 2.05) is 0 Å². The Morgan fingerprint density at radius 3 is 2.76 bits per heavy atom. The van der Waals surface area contributed by atoms with Crippen LogP contribution in [0, 0.1) is 6.92 Å². The number of rotatable bonds is 9. The average molecular weight is 534 g/mol. The number of aromatic amines is 1. The lowest BCUT2D eigenvalue weighted by atomic mass is 10.3. The maximum absolute atomic E-state index is 13.5. The Balaban J connectivity index is 1.75. The number of halogens is 2. The molecule has 0 spiro atoms. The topological polar surface area (TPSA) is 138 Å². The Morgan fingerprint density at radius 1 is 1.32 bits per heavy atom. The Kier molecular flexibility index (Phi) is 8.40. The Labute approximate surface area is 204 Å². The van der Waals surface area contributed by atoms with Crippen molar-refractivity contribution in [2.45, 2.75) is 32.2 Å². The van der Waals surface area contributed by atoms with Gasteiger partial charge in [0.15, 0.2) is 12.0 Å². The molecule has 14 heteroatoms. The first kappa shape index (κ1) is 26.2. The minimum atomic E-state index is -4.20. The quantitative estimate of drug-likeness (QED) is 0.283. The third kappa shape index (κ3) is 6.38. The van der Waals surface area contributed by atoms with Crippen molar-refractivity contribution in [3.8, 4) is 5.75 Å². The number of nitrogens with zero attached hydrogens (tertiary/aromatic N) is 1. The largest absolute Gasteiger partial charge is 0.468 e. The molecule has 2 aromatic rings. The van der Waals surface area contributed by atoms with E-state index in [2.05, 4.69) is 14.8 Å². The molecular formula is C20H22Cl2N3O8P. The highest BCUT2D eigenvalue weighted by Crippen LogP contribution is 2.47. The van der Waals surface area contributed by atoms with Crippen LogP contribution in [0.15, 0.2) is 46.1 Å². The number of aromatic nitrogens is 2. The van der Waals surface area contributed by atoms with E-state index >= 15 is 0 Å². The predicted octanol–water partition coefficient (Wildman–Crippen LogP) is 2.96. The summed E-state index contributed by atoms with van der Waals surface area (Å²) in [5, 5.41) is 2.88. The van der Waals surface area contributed by atoms with E-state index in [0.29, 0.717) is 5.56 Å². The number of H-pyrrole nitrogens is 1. The number of esters is 1. The lowest BCUT2D eigenvalue weighted by Gasteiger charge is -2.24. The van der Waals surface area contributed by atoms with Crippen LogP contribution in [0.5, 0.6) is 5.75 Å². The van der Waals surface area contributed by atoms with Crippen molar-refractivity contribution in [2.24, 2.45) is 0 Å². The summed E-state index contributed by atoms with van der Waals surface area (Å²) in [7, 11) is -3.02. The van der Waals surface area contributed by atoms with Crippen molar-refractivity contribution in [3.05, 3.63) is 73.0 Å². The maximum atomic E-state index is 13.5. The van der Waals surface area contributed by atoms with Crippen LogP contribution in [0.3, 0.4) is 0 Å². The molecule has 0 amide bonds. The molecule has 184 valence electrons. The van der Waals surface area contributed by atoms with Crippen LogP contribution in [-0.2, 0) is 23.4 Å². The summed E-state index contributed by atoms with van der Waals surface area (Å²) in [4.78, 5) is 37.7. The van der Waals surface area contributed by atoms with E-state index in [9.17, 15) is 18.9 Å². The van der Waals surface area contributed by atoms with E-state index < -0.39 is 43.3 Å². The smallest absolute Gasteiger partial charge is 0.459 e. The molecule has 0 aliphatic carbocycles. The number of nitrogens with one attached hydrogen (secondary N) is 2. The minimum Gasteiger partial charge on any atom is -0.468 e. The van der Waals surface area contributed by atoms with Crippen LogP contribution in [0.1, 0.15) is 18.7 Å². The summed E-state index contributed by atoms with van der Waals surface area (Å²) in [5.41, 5.74) is -0.815. The molecule has 1 aromatic heterocycles. The molecule has 4 atom stereocenters. The fourth-order valence-electron chi connectivity index (χ4n) is 2.92. The average Bonchev–Trinajstić information content (AvgIpc) is 3.25. The van der Waals surface area contributed by atoms with Gasteiger partial charge in [0.1, 0.15) is 12.1 Å². The van der Waals surface area contributed by atoms with Gasteiger partial charge in [-0.2, -0.15) is 5.09 Å². The van der Waals surface area contributed by atoms with Gasteiger partial charge in [0, 0.05) is 22.8 Å². The minimum absolute atomic E-state index is 0.0295. The number of methoxy groups -OCH3 is 1. The first-order valence-electron chi connectivity index (χ1n) is 9.92. The van der Waals surface area contributed by atoms with Crippen LogP contribution >= 0.6 is 30.9 Å². The van der Waals surface area contributed by atoms with E-state index in [1.54, 1.807) is 19.1 Å².